The van der Waals surface area contributed by atoms with Crippen LogP contribution in [0.4, 0.5) is 0 Å². The predicted molar refractivity (Wildman–Crippen MR) is 116 cm³/mol. The summed E-state index contributed by atoms with van der Waals surface area (Å²) in [6.07, 6.45) is 2.23. The first-order chi connectivity index (χ1) is 14.0. The van der Waals surface area contributed by atoms with Crippen molar-refractivity contribution in [3.63, 3.8) is 0 Å². The van der Waals surface area contributed by atoms with Gasteiger partial charge in [0, 0.05) is 36.1 Å². The fraction of sp³-hybridized carbons (Fsp3) is 0.154. The van der Waals surface area contributed by atoms with Gasteiger partial charge in [-0.05, 0) is 43.0 Å². The van der Waals surface area contributed by atoms with Gasteiger partial charge in [-0.15, -0.1) is 0 Å². The minimum absolute atomic E-state index is 0.882. The summed E-state index contributed by atoms with van der Waals surface area (Å²) < 4.78 is 10.7. The molecule has 3 heteroatoms. The number of benzene rings is 3. The quantitative estimate of drug-likeness (QED) is 0.382. The Morgan fingerprint density at radius 1 is 0.793 bits per heavy atom. The summed E-state index contributed by atoms with van der Waals surface area (Å²) in [5, 5.41) is 2.49. The van der Waals surface area contributed by atoms with Crippen LogP contribution in [0.1, 0.15) is 16.8 Å². The number of hydrogen-bond acceptors (Lipinski definition) is 1. The summed E-state index contributed by atoms with van der Waals surface area (Å²) in [4.78, 5) is 0. The van der Waals surface area contributed by atoms with Gasteiger partial charge in [0.2, 0.25) is 11.3 Å². The summed E-state index contributed by atoms with van der Waals surface area (Å²) in [7, 11) is 2.07. The number of fused-ring (bicyclic) bond motifs is 2. The Bertz CT molecular complexity index is 1400. The van der Waals surface area contributed by atoms with E-state index in [-0.39, 0.29) is 0 Å². The normalized spacial score (nSPS) is 11.4. The zero-order chi connectivity index (χ0) is 20.1. The molecule has 0 unspecified atom stereocenters. The van der Waals surface area contributed by atoms with Gasteiger partial charge in [0.1, 0.15) is 7.05 Å². The van der Waals surface area contributed by atoms with Gasteiger partial charge < -0.3 is 4.42 Å². The summed E-state index contributed by atoms with van der Waals surface area (Å²) in [6.45, 7) is 6.49. The molecular weight excluding hydrogens is 356 g/mol. The third kappa shape index (κ3) is 2.82. The number of oxazole rings is 1. The van der Waals surface area contributed by atoms with Crippen LogP contribution in [-0.4, -0.2) is 0 Å². The molecule has 0 amide bonds. The second-order valence-electron chi connectivity index (χ2n) is 7.80. The maximum absolute atomic E-state index is 6.27. The zero-order valence-corrected chi connectivity index (χ0v) is 17.2. The van der Waals surface area contributed by atoms with Crippen molar-refractivity contribution in [3.8, 4) is 17.1 Å². The van der Waals surface area contributed by atoms with Crippen LogP contribution in [0.15, 0.2) is 77.3 Å². The molecule has 3 aromatic carbocycles. The molecular formula is C26H24N2O+2. The van der Waals surface area contributed by atoms with Crippen LogP contribution in [0.2, 0.25) is 0 Å². The van der Waals surface area contributed by atoms with Crippen molar-refractivity contribution in [2.75, 3.05) is 0 Å². The Morgan fingerprint density at radius 2 is 1.52 bits per heavy atom. The molecule has 2 aromatic heterocycles. The van der Waals surface area contributed by atoms with Gasteiger partial charge in [-0.2, -0.15) is 9.13 Å². The molecule has 0 saturated carbocycles. The van der Waals surface area contributed by atoms with Crippen molar-refractivity contribution in [3.05, 3.63) is 89.7 Å². The monoisotopic (exact) mass is 380 g/mol. The molecule has 0 aliphatic heterocycles. The molecule has 0 saturated heterocycles. The fourth-order valence-corrected chi connectivity index (χ4v) is 4.21. The molecule has 0 aliphatic carbocycles. The second-order valence-corrected chi connectivity index (χ2v) is 7.80. The van der Waals surface area contributed by atoms with Gasteiger partial charge in [0.25, 0.3) is 5.52 Å². The van der Waals surface area contributed by atoms with E-state index in [0.29, 0.717) is 0 Å². The second kappa shape index (κ2) is 6.56. The third-order valence-electron chi connectivity index (χ3n) is 5.76. The van der Waals surface area contributed by atoms with E-state index in [9.17, 15) is 0 Å². The molecule has 29 heavy (non-hydrogen) atoms. The van der Waals surface area contributed by atoms with Crippen molar-refractivity contribution in [1.29, 1.82) is 0 Å². The number of nitrogens with zero attached hydrogens (tertiary/aromatic N) is 2. The molecule has 142 valence electrons. The number of para-hydroxylation sites is 2. The van der Waals surface area contributed by atoms with Crippen LogP contribution >= 0.6 is 0 Å². The first-order valence-corrected chi connectivity index (χ1v) is 9.93. The van der Waals surface area contributed by atoms with Gasteiger partial charge in [0.05, 0.1) is 5.56 Å². The Kier molecular flexibility index (Phi) is 3.99. The van der Waals surface area contributed by atoms with Gasteiger partial charge in [-0.25, -0.2) is 0 Å². The number of pyridine rings is 1. The number of rotatable bonds is 2. The summed E-state index contributed by atoms with van der Waals surface area (Å²) in [6, 6.07) is 23.4. The highest BCUT2D eigenvalue weighted by atomic mass is 16.4. The molecule has 0 bridgehead atoms. The number of hydrogen-bond donors (Lipinski definition) is 0. The summed E-state index contributed by atoms with van der Waals surface area (Å²) in [5.41, 5.74) is 7.93. The molecule has 3 nitrogen and oxygen atoms in total. The van der Waals surface area contributed by atoms with Crippen LogP contribution in [0.5, 0.6) is 0 Å². The van der Waals surface area contributed by atoms with Crippen LogP contribution in [0, 0.1) is 20.8 Å². The van der Waals surface area contributed by atoms with Gasteiger partial charge >= 0.3 is 5.89 Å². The maximum atomic E-state index is 6.27. The largest absolute Gasteiger partial charge is 0.398 e. The highest BCUT2D eigenvalue weighted by Gasteiger charge is 2.27. The molecule has 2 heterocycles. The molecule has 5 rings (SSSR count). The Hall–Kier alpha value is -3.46. The molecule has 0 fully saturated rings. The molecule has 0 aliphatic rings. The van der Waals surface area contributed by atoms with Crippen molar-refractivity contribution in [2.45, 2.75) is 20.8 Å². The van der Waals surface area contributed by atoms with Crippen molar-refractivity contribution in [1.82, 2.24) is 0 Å². The van der Waals surface area contributed by atoms with E-state index >= 15 is 0 Å². The highest BCUT2D eigenvalue weighted by molar-refractivity contribution is 5.81. The standard InChI is InChI=1S/C26H24N2O/c1-17-13-22(26-27(4)23-11-7-8-12-25(23)29-26)19(3)24(14-17)28-16-21-10-6-5-9-20(21)15-18(28)2/h5-16H,1-4H3/q+2. The van der Waals surface area contributed by atoms with E-state index in [1.807, 2.05) is 18.2 Å². The van der Waals surface area contributed by atoms with E-state index in [1.165, 1.54) is 33.3 Å². The van der Waals surface area contributed by atoms with E-state index in [4.69, 9.17) is 4.42 Å². The molecule has 0 N–H and O–H groups in total. The average molecular weight is 380 g/mol. The molecule has 0 spiro atoms. The Morgan fingerprint density at radius 3 is 2.31 bits per heavy atom. The van der Waals surface area contributed by atoms with Gasteiger partial charge in [0.15, 0.2) is 11.9 Å². The molecule has 0 radical (unpaired) electrons. The van der Waals surface area contributed by atoms with E-state index in [1.54, 1.807) is 0 Å². The Balaban J connectivity index is 1.77. The smallest absolute Gasteiger partial charge is 0.381 e. The fourth-order valence-electron chi connectivity index (χ4n) is 4.21. The maximum Gasteiger partial charge on any atom is 0.381 e. The van der Waals surface area contributed by atoms with Crippen molar-refractivity contribution < 1.29 is 13.6 Å². The van der Waals surface area contributed by atoms with Crippen molar-refractivity contribution in [2.24, 2.45) is 7.05 Å². The van der Waals surface area contributed by atoms with Gasteiger partial charge in [-0.3, -0.25) is 0 Å². The topological polar surface area (TPSA) is 20.9 Å². The third-order valence-corrected chi connectivity index (χ3v) is 5.76. The lowest BCUT2D eigenvalue weighted by atomic mass is 10.0. The van der Waals surface area contributed by atoms with Crippen molar-refractivity contribution >= 4 is 21.9 Å². The van der Waals surface area contributed by atoms with E-state index in [0.717, 1.165) is 22.6 Å². The Labute approximate surface area is 170 Å². The summed E-state index contributed by atoms with van der Waals surface area (Å²) in [5.74, 6) is 0.882. The lowest BCUT2D eigenvalue weighted by Gasteiger charge is -2.08. The van der Waals surface area contributed by atoms with Crippen LogP contribution in [-0.2, 0) is 7.05 Å². The summed E-state index contributed by atoms with van der Waals surface area (Å²) >= 11 is 0. The first-order valence-electron chi connectivity index (χ1n) is 9.93. The lowest BCUT2D eigenvalue weighted by molar-refractivity contribution is -0.637. The predicted octanol–water partition coefficient (Wildman–Crippen LogP) is 5.28. The van der Waals surface area contributed by atoms with Gasteiger partial charge in [-0.1, -0.05) is 30.3 Å². The van der Waals surface area contributed by atoms with Crippen LogP contribution in [0.25, 0.3) is 39.0 Å². The lowest BCUT2D eigenvalue weighted by Crippen LogP contribution is -2.35. The molecule has 0 atom stereocenters. The minimum Gasteiger partial charge on any atom is -0.398 e. The first kappa shape index (κ1) is 17.6. The van der Waals surface area contributed by atoms with Crippen LogP contribution < -0.4 is 9.13 Å². The van der Waals surface area contributed by atoms with E-state index < -0.39 is 0 Å². The molecule has 5 aromatic rings. The zero-order valence-electron chi connectivity index (χ0n) is 17.2. The van der Waals surface area contributed by atoms with Crippen LogP contribution in [0.3, 0.4) is 0 Å². The highest BCUT2D eigenvalue weighted by Crippen LogP contribution is 2.29. The number of aromatic nitrogens is 2. The minimum atomic E-state index is 0.882. The number of aryl methyl sites for hydroxylation is 3. The SMILES string of the molecule is Cc1cc(-c2oc3ccccc3[n+]2C)c(C)c(-[n+]2cc3ccccc3cc2C)c1. The van der Waals surface area contributed by atoms with E-state index in [2.05, 4.69) is 91.7 Å². The average Bonchev–Trinajstić information content (AvgIpc) is 3.06.